The second-order valence-corrected chi connectivity index (χ2v) is 9.39. The monoisotopic (exact) mass is 540 g/mol. The average molecular weight is 541 g/mol. The molecule has 0 saturated carbocycles. The number of ether oxygens (including phenoxy) is 2. The van der Waals surface area contributed by atoms with Crippen LogP contribution in [-0.2, 0) is 0 Å². The lowest BCUT2D eigenvalue weighted by molar-refractivity contribution is 0.0989. The summed E-state index contributed by atoms with van der Waals surface area (Å²) in [6, 6.07) is 24.4. The number of aromatic nitrogens is 2. The van der Waals surface area contributed by atoms with Crippen LogP contribution in [0.5, 0.6) is 17.2 Å². The Hall–Kier alpha value is -4.96. The number of benzene rings is 3. The predicted octanol–water partition coefficient (Wildman–Crippen LogP) is 5.76. The van der Waals surface area contributed by atoms with E-state index in [0.717, 1.165) is 15.7 Å². The summed E-state index contributed by atoms with van der Waals surface area (Å²) >= 11 is 0.961. The topological polar surface area (TPSA) is 111 Å². The molecule has 2 heterocycles. The molecule has 3 aromatic carbocycles. The molecule has 9 nitrogen and oxygen atoms in total. The summed E-state index contributed by atoms with van der Waals surface area (Å²) in [7, 11) is 0. The summed E-state index contributed by atoms with van der Waals surface area (Å²) in [5.74, 6) is 0.563. The quantitative estimate of drug-likeness (QED) is 0.259. The minimum atomic E-state index is -0.641. The molecule has 0 unspecified atom stereocenters. The van der Waals surface area contributed by atoms with Crippen LogP contribution in [0.1, 0.15) is 32.8 Å². The second-order valence-electron chi connectivity index (χ2n) is 8.41. The highest BCUT2D eigenvalue weighted by Gasteiger charge is 2.27. The van der Waals surface area contributed by atoms with Crippen molar-refractivity contribution < 1.29 is 19.1 Å². The maximum atomic E-state index is 13.5. The maximum absolute atomic E-state index is 13.5. The number of aryl methyl sites for hydroxylation is 1. The summed E-state index contributed by atoms with van der Waals surface area (Å²) in [4.78, 5) is 44.5. The molecule has 0 atom stereocenters. The van der Waals surface area contributed by atoms with Gasteiger partial charge in [-0.3, -0.25) is 14.4 Å². The van der Waals surface area contributed by atoms with Crippen LogP contribution in [0.3, 0.4) is 0 Å². The van der Waals surface area contributed by atoms with Crippen LogP contribution in [-0.4, -0.2) is 27.8 Å². The van der Waals surface area contributed by atoms with Crippen LogP contribution in [0, 0.1) is 6.92 Å². The van der Waals surface area contributed by atoms with Gasteiger partial charge in [-0.2, -0.15) is 0 Å². The van der Waals surface area contributed by atoms with E-state index in [1.807, 2.05) is 37.3 Å². The van der Waals surface area contributed by atoms with Gasteiger partial charge < -0.3 is 20.1 Å². The Kier molecular flexibility index (Phi) is 7.37. The van der Waals surface area contributed by atoms with Gasteiger partial charge in [0.05, 0.1) is 12.3 Å². The van der Waals surface area contributed by atoms with E-state index >= 15 is 0 Å². The maximum Gasteiger partial charge on any atom is 0.274 e. The number of rotatable bonds is 8. The zero-order valence-electron chi connectivity index (χ0n) is 21.1. The van der Waals surface area contributed by atoms with Gasteiger partial charge in [0.2, 0.25) is 0 Å². The number of hydrogen-bond acceptors (Lipinski definition) is 7. The van der Waals surface area contributed by atoms with Crippen molar-refractivity contribution in [2.45, 2.75) is 13.8 Å². The molecule has 0 aliphatic carbocycles. The van der Waals surface area contributed by atoms with Crippen LogP contribution in [0.15, 0.2) is 89.7 Å². The van der Waals surface area contributed by atoms with Gasteiger partial charge in [-0.1, -0.05) is 41.7 Å². The molecule has 0 aliphatic heterocycles. The summed E-state index contributed by atoms with van der Waals surface area (Å²) in [6.45, 7) is 3.92. The second kappa shape index (κ2) is 11.2. The van der Waals surface area contributed by atoms with Crippen LogP contribution < -0.4 is 25.7 Å². The highest BCUT2D eigenvalue weighted by atomic mass is 32.1. The molecule has 39 heavy (non-hydrogen) atoms. The largest absolute Gasteiger partial charge is 0.492 e. The van der Waals surface area contributed by atoms with Crippen molar-refractivity contribution in [3.63, 3.8) is 0 Å². The lowest BCUT2D eigenvalue weighted by Crippen LogP contribution is -2.25. The number of fused-ring (bicyclic) bond motifs is 1. The van der Waals surface area contributed by atoms with Gasteiger partial charge in [0.25, 0.3) is 17.4 Å². The lowest BCUT2D eigenvalue weighted by Gasteiger charge is -2.12. The smallest absolute Gasteiger partial charge is 0.274 e. The third kappa shape index (κ3) is 5.65. The van der Waals surface area contributed by atoms with Crippen LogP contribution in [0.4, 0.5) is 11.4 Å². The van der Waals surface area contributed by atoms with Crippen molar-refractivity contribution in [2.24, 2.45) is 0 Å². The predicted molar refractivity (Wildman–Crippen MR) is 151 cm³/mol. The molecule has 2 amide bonds. The molecule has 5 aromatic rings. The van der Waals surface area contributed by atoms with Gasteiger partial charge >= 0.3 is 0 Å². The molecule has 2 N–H and O–H groups in total. The number of anilines is 2. The first kappa shape index (κ1) is 25.7. The van der Waals surface area contributed by atoms with Crippen molar-refractivity contribution >= 4 is 39.5 Å². The summed E-state index contributed by atoms with van der Waals surface area (Å²) in [5.41, 5.74) is 0.814. The van der Waals surface area contributed by atoms with Gasteiger partial charge in [-0.15, -0.1) is 0 Å². The summed E-state index contributed by atoms with van der Waals surface area (Å²) < 4.78 is 12.6. The Balaban J connectivity index is 1.45. The van der Waals surface area contributed by atoms with Crippen molar-refractivity contribution in [3.8, 4) is 17.2 Å². The molecule has 0 saturated heterocycles. The Bertz CT molecular complexity index is 1710. The zero-order valence-corrected chi connectivity index (χ0v) is 22.0. The Labute approximate surface area is 227 Å². The average Bonchev–Trinajstić information content (AvgIpc) is 3.32. The van der Waals surface area contributed by atoms with E-state index < -0.39 is 17.4 Å². The summed E-state index contributed by atoms with van der Waals surface area (Å²) in [6.07, 6.45) is 0. The fourth-order valence-corrected chi connectivity index (χ4v) is 4.97. The SMILES string of the molecule is CCOc1ccccc1NC(=O)c1c(C(=O)Nc2ccc(Oc3ccccc3)cc2)sc2nc(C)cc(=O)n12. The molecule has 0 aliphatic rings. The standard InChI is InChI=1S/C29H24N4O5S/c1-3-37-23-12-8-7-11-22(23)32-27(35)25-26(39-29-30-18(2)17-24(34)33(25)29)28(36)31-19-13-15-21(16-14-19)38-20-9-5-4-6-10-20/h4-17H,3H2,1-2H3,(H,31,36)(H,32,35). The highest BCUT2D eigenvalue weighted by Crippen LogP contribution is 2.28. The lowest BCUT2D eigenvalue weighted by atomic mass is 10.2. The number of nitrogens with zero attached hydrogens (tertiary/aromatic N) is 2. The molecule has 0 fully saturated rings. The van der Waals surface area contributed by atoms with Gasteiger partial charge in [0, 0.05) is 17.4 Å². The first-order chi connectivity index (χ1) is 18.9. The first-order valence-electron chi connectivity index (χ1n) is 12.1. The third-order valence-corrected chi connectivity index (χ3v) is 6.63. The van der Waals surface area contributed by atoms with Crippen molar-refractivity contribution in [2.75, 3.05) is 17.2 Å². The van der Waals surface area contributed by atoms with Crippen molar-refractivity contribution in [3.05, 3.63) is 112 Å². The van der Waals surface area contributed by atoms with E-state index in [-0.39, 0.29) is 15.5 Å². The molecule has 196 valence electrons. The molecule has 0 spiro atoms. The molecule has 5 rings (SSSR count). The number of para-hydroxylation sites is 3. The number of carbonyl (C=O) groups is 2. The van der Waals surface area contributed by atoms with Gasteiger partial charge in [-0.25, -0.2) is 9.38 Å². The molecular formula is C29H24N4O5S. The van der Waals surface area contributed by atoms with E-state index in [9.17, 15) is 14.4 Å². The van der Waals surface area contributed by atoms with Crippen LogP contribution in [0.25, 0.3) is 4.96 Å². The van der Waals surface area contributed by atoms with Crippen LogP contribution in [0.2, 0.25) is 0 Å². The minimum Gasteiger partial charge on any atom is -0.492 e. The number of amides is 2. The Morgan fingerprint density at radius 3 is 2.33 bits per heavy atom. The first-order valence-corrected chi connectivity index (χ1v) is 13.0. The number of carbonyl (C=O) groups excluding carboxylic acids is 2. The minimum absolute atomic E-state index is 0.0428. The van der Waals surface area contributed by atoms with Gasteiger partial charge in [0.15, 0.2) is 4.96 Å². The molecule has 10 heteroatoms. The Morgan fingerprint density at radius 2 is 1.59 bits per heavy atom. The highest BCUT2D eigenvalue weighted by molar-refractivity contribution is 7.19. The number of nitrogens with one attached hydrogen (secondary N) is 2. The zero-order chi connectivity index (χ0) is 27.4. The fourth-order valence-electron chi connectivity index (χ4n) is 3.90. The Morgan fingerprint density at radius 1 is 0.897 bits per heavy atom. The van der Waals surface area contributed by atoms with Crippen LogP contribution >= 0.6 is 11.3 Å². The normalized spacial score (nSPS) is 10.7. The fraction of sp³-hybridized carbons (Fsp3) is 0.103. The van der Waals surface area contributed by atoms with E-state index in [0.29, 0.717) is 40.9 Å². The van der Waals surface area contributed by atoms with E-state index in [4.69, 9.17) is 9.47 Å². The van der Waals surface area contributed by atoms with E-state index in [2.05, 4.69) is 15.6 Å². The summed E-state index contributed by atoms with van der Waals surface area (Å²) in [5, 5.41) is 5.58. The number of hydrogen-bond donors (Lipinski definition) is 2. The van der Waals surface area contributed by atoms with Gasteiger partial charge in [-0.05, 0) is 62.4 Å². The molecule has 0 radical (unpaired) electrons. The van der Waals surface area contributed by atoms with Gasteiger partial charge in [0.1, 0.15) is 27.8 Å². The van der Waals surface area contributed by atoms with E-state index in [1.54, 1.807) is 55.5 Å². The third-order valence-electron chi connectivity index (χ3n) is 5.60. The van der Waals surface area contributed by atoms with Crippen molar-refractivity contribution in [1.82, 2.24) is 9.38 Å². The van der Waals surface area contributed by atoms with E-state index in [1.165, 1.54) is 6.07 Å². The molecular weight excluding hydrogens is 516 g/mol. The van der Waals surface area contributed by atoms with Crippen molar-refractivity contribution in [1.29, 1.82) is 0 Å². The molecule has 0 bridgehead atoms. The number of thiazole rings is 1. The molecule has 2 aromatic heterocycles.